The van der Waals surface area contributed by atoms with Crippen LogP contribution in [0.3, 0.4) is 0 Å². The van der Waals surface area contributed by atoms with E-state index >= 15 is 0 Å². The summed E-state index contributed by atoms with van der Waals surface area (Å²) in [6.45, 7) is 5.43. The number of hydrogen-bond acceptors (Lipinski definition) is 2. The van der Waals surface area contributed by atoms with Gasteiger partial charge in [0, 0.05) is 12.6 Å². The average molecular weight is 275 g/mol. The van der Waals surface area contributed by atoms with E-state index in [4.69, 9.17) is 4.74 Å². The Labute approximate surface area is 123 Å². The molecule has 1 heterocycles. The molecule has 0 amide bonds. The SMILES string of the molecule is CCc1ccc(CC)c(C(CCC2CCCO2)NC)c1. The number of nitrogens with one attached hydrogen (secondary N) is 1. The van der Waals surface area contributed by atoms with Crippen LogP contribution in [0.25, 0.3) is 0 Å². The van der Waals surface area contributed by atoms with Crippen molar-refractivity contribution in [2.75, 3.05) is 13.7 Å². The van der Waals surface area contributed by atoms with Crippen LogP contribution in [-0.2, 0) is 17.6 Å². The standard InChI is InChI=1S/C18H29NO/c1-4-14-8-9-15(5-2)17(13-14)18(19-3)11-10-16-7-6-12-20-16/h8-9,13,16,18-19H,4-7,10-12H2,1-3H3. The molecule has 1 aliphatic heterocycles. The van der Waals surface area contributed by atoms with Gasteiger partial charge in [-0.2, -0.15) is 0 Å². The summed E-state index contributed by atoms with van der Waals surface area (Å²) in [4.78, 5) is 0. The fourth-order valence-electron chi connectivity index (χ4n) is 3.19. The lowest BCUT2D eigenvalue weighted by atomic mass is 9.92. The van der Waals surface area contributed by atoms with Crippen LogP contribution in [0.5, 0.6) is 0 Å². The molecule has 112 valence electrons. The van der Waals surface area contributed by atoms with Crippen molar-refractivity contribution in [1.29, 1.82) is 0 Å². The van der Waals surface area contributed by atoms with E-state index in [9.17, 15) is 0 Å². The fraction of sp³-hybridized carbons (Fsp3) is 0.667. The number of ether oxygens (including phenoxy) is 1. The first-order valence-electron chi connectivity index (χ1n) is 8.19. The molecule has 0 saturated carbocycles. The predicted molar refractivity (Wildman–Crippen MR) is 85.2 cm³/mol. The van der Waals surface area contributed by atoms with Crippen molar-refractivity contribution in [3.05, 3.63) is 34.9 Å². The third-order valence-electron chi connectivity index (χ3n) is 4.52. The monoisotopic (exact) mass is 275 g/mol. The molecule has 2 nitrogen and oxygen atoms in total. The highest BCUT2D eigenvalue weighted by Crippen LogP contribution is 2.27. The van der Waals surface area contributed by atoms with E-state index in [2.05, 4.69) is 44.4 Å². The van der Waals surface area contributed by atoms with Gasteiger partial charge in [-0.15, -0.1) is 0 Å². The minimum Gasteiger partial charge on any atom is -0.378 e. The first-order valence-corrected chi connectivity index (χ1v) is 8.19. The van der Waals surface area contributed by atoms with Crippen molar-refractivity contribution in [1.82, 2.24) is 5.32 Å². The molecule has 20 heavy (non-hydrogen) atoms. The van der Waals surface area contributed by atoms with Crippen LogP contribution in [-0.4, -0.2) is 19.8 Å². The Kier molecular flexibility index (Phi) is 6.06. The third-order valence-corrected chi connectivity index (χ3v) is 4.52. The molecule has 2 atom stereocenters. The molecule has 2 rings (SSSR count). The van der Waals surface area contributed by atoms with Gasteiger partial charge in [0.2, 0.25) is 0 Å². The maximum Gasteiger partial charge on any atom is 0.0576 e. The summed E-state index contributed by atoms with van der Waals surface area (Å²) in [5, 5.41) is 3.51. The van der Waals surface area contributed by atoms with Gasteiger partial charge in [0.05, 0.1) is 6.10 Å². The lowest BCUT2D eigenvalue weighted by Gasteiger charge is -2.22. The van der Waals surface area contributed by atoms with Gasteiger partial charge < -0.3 is 10.1 Å². The summed E-state index contributed by atoms with van der Waals surface area (Å²) in [5.41, 5.74) is 4.41. The highest BCUT2D eigenvalue weighted by atomic mass is 16.5. The third kappa shape index (κ3) is 3.83. The molecule has 0 radical (unpaired) electrons. The lowest BCUT2D eigenvalue weighted by molar-refractivity contribution is 0.0998. The number of rotatable bonds is 7. The maximum absolute atomic E-state index is 5.76. The molecule has 1 aromatic carbocycles. The van der Waals surface area contributed by atoms with Gasteiger partial charge in [-0.3, -0.25) is 0 Å². The van der Waals surface area contributed by atoms with E-state index in [1.165, 1.54) is 42.4 Å². The molecule has 0 aromatic heterocycles. The Morgan fingerprint density at radius 3 is 2.75 bits per heavy atom. The van der Waals surface area contributed by atoms with Gasteiger partial charge in [-0.1, -0.05) is 32.0 Å². The van der Waals surface area contributed by atoms with Crippen LogP contribution in [0.15, 0.2) is 18.2 Å². The molecule has 1 saturated heterocycles. The normalized spacial score (nSPS) is 20.2. The summed E-state index contributed by atoms with van der Waals surface area (Å²) in [6.07, 6.45) is 7.53. The Balaban J connectivity index is 2.08. The van der Waals surface area contributed by atoms with Crippen molar-refractivity contribution in [2.24, 2.45) is 0 Å². The summed E-state index contributed by atoms with van der Waals surface area (Å²) in [6, 6.07) is 7.44. The quantitative estimate of drug-likeness (QED) is 0.811. The molecule has 2 unspecified atom stereocenters. The Hall–Kier alpha value is -0.860. The molecule has 1 N–H and O–H groups in total. The summed E-state index contributed by atoms with van der Waals surface area (Å²) < 4.78 is 5.76. The lowest BCUT2D eigenvalue weighted by Crippen LogP contribution is -2.20. The molecule has 1 fully saturated rings. The van der Waals surface area contributed by atoms with Gasteiger partial charge in [0.25, 0.3) is 0 Å². The van der Waals surface area contributed by atoms with Gasteiger partial charge in [0.15, 0.2) is 0 Å². The van der Waals surface area contributed by atoms with Crippen LogP contribution in [0.2, 0.25) is 0 Å². The first kappa shape index (κ1) is 15.5. The van der Waals surface area contributed by atoms with E-state index in [0.717, 1.165) is 19.4 Å². The molecular formula is C18H29NO. The molecule has 1 aromatic rings. The van der Waals surface area contributed by atoms with Crippen molar-refractivity contribution in [3.63, 3.8) is 0 Å². The number of hydrogen-bond donors (Lipinski definition) is 1. The van der Waals surface area contributed by atoms with Crippen molar-refractivity contribution >= 4 is 0 Å². The highest BCUT2D eigenvalue weighted by molar-refractivity contribution is 5.34. The Morgan fingerprint density at radius 2 is 2.15 bits per heavy atom. The van der Waals surface area contributed by atoms with E-state index in [-0.39, 0.29) is 0 Å². The van der Waals surface area contributed by atoms with Gasteiger partial charge in [-0.05, 0) is 62.3 Å². The van der Waals surface area contributed by atoms with Crippen LogP contribution in [0.1, 0.15) is 62.3 Å². The summed E-state index contributed by atoms with van der Waals surface area (Å²) in [5.74, 6) is 0. The Morgan fingerprint density at radius 1 is 1.30 bits per heavy atom. The van der Waals surface area contributed by atoms with Crippen LogP contribution >= 0.6 is 0 Å². The predicted octanol–water partition coefficient (Wildman–Crippen LogP) is 4.03. The highest BCUT2D eigenvalue weighted by Gasteiger charge is 2.19. The molecule has 0 bridgehead atoms. The fourth-order valence-corrected chi connectivity index (χ4v) is 3.19. The Bertz CT molecular complexity index is 410. The van der Waals surface area contributed by atoms with E-state index < -0.39 is 0 Å². The first-order chi connectivity index (χ1) is 9.78. The van der Waals surface area contributed by atoms with Gasteiger partial charge in [0.1, 0.15) is 0 Å². The molecular weight excluding hydrogens is 246 g/mol. The van der Waals surface area contributed by atoms with Crippen LogP contribution in [0, 0.1) is 0 Å². The van der Waals surface area contributed by atoms with Gasteiger partial charge >= 0.3 is 0 Å². The average Bonchev–Trinajstić information content (AvgIpc) is 3.01. The van der Waals surface area contributed by atoms with Crippen molar-refractivity contribution < 1.29 is 4.74 Å². The van der Waals surface area contributed by atoms with E-state index in [0.29, 0.717) is 12.1 Å². The summed E-state index contributed by atoms with van der Waals surface area (Å²) in [7, 11) is 2.08. The zero-order valence-electron chi connectivity index (χ0n) is 13.2. The van der Waals surface area contributed by atoms with Crippen molar-refractivity contribution in [3.8, 4) is 0 Å². The van der Waals surface area contributed by atoms with Crippen LogP contribution < -0.4 is 5.32 Å². The molecule has 0 aliphatic carbocycles. The zero-order chi connectivity index (χ0) is 14.4. The molecule has 2 heteroatoms. The maximum atomic E-state index is 5.76. The van der Waals surface area contributed by atoms with E-state index in [1.807, 2.05) is 0 Å². The zero-order valence-corrected chi connectivity index (χ0v) is 13.2. The molecule has 0 spiro atoms. The number of aryl methyl sites for hydroxylation is 2. The molecule has 1 aliphatic rings. The topological polar surface area (TPSA) is 21.3 Å². The smallest absolute Gasteiger partial charge is 0.0576 e. The second-order valence-electron chi connectivity index (χ2n) is 5.79. The largest absolute Gasteiger partial charge is 0.378 e. The van der Waals surface area contributed by atoms with E-state index in [1.54, 1.807) is 0 Å². The van der Waals surface area contributed by atoms with Crippen molar-refractivity contribution in [2.45, 2.75) is 64.5 Å². The summed E-state index contributed by atoms with van der Waals surface area (Å²) >= 11 is 0. The second kappa shape index (κ2) is 7.80. The minimum atomic E-state index is 0.459. The van der Waals surface area contributed by atoms with Gasteiger partial charge in [-0.25, -0.2) is 0 Å². The van der Waals surface area contributed by atoms with Crippen LogP contribution in [0.4, 0.5) is 0 Å². The minimum absolute atomic E-state index is 0.459. The second-order valence-corrected chi connectivity index (χ2v) is 5.79. The number of benzene rings is 1.